The maximum absolute atomic E-state index is 14.4. The molecule has 0 saturated carbocycles. The summed E-state index contributed by atoms with van der Waals surface area (Å²) in [7, 11) is 0. The Kier molecular flexibility index (Phi) is 9.29. The molecule has 1 fully saturated rings. The molecule has 0 radical (unpaired) electrons. The number of Topliss-reactive ketones (excluding diaryl/α,β-unsaturated/α-hetero) is 1. The Morgan fingerprint density at radius 1 is 1.18 bits per heavy atom. The third-order valence-corrected chi connectivity index (χ3v) is 9.69. The van der Waals surface area contributed by atoms with Crippen LogP contribution in [0.1, 0.15) is 80.2 Å². The number of carbonyl (C=O) groups excluding carboxylic acids is 3. The van der Waals surface area contributed by atoms with E-state index in [0.717, 1.165) is 32.8 Å². The summed E-state index contributed by atoms with van der Waals surface area (Å²) in [6, 6.07) is 10.2. The van der Waals surface area contributed by atoms with Crippen molar-refractivity contribution in [2.24, 2.45) is 5.92 Å². The van der Waals surface area contributed by atoms with Gasteiger partial charge < -0.3 is 14.5 Å². The van der Waals surface area contributed by atoms with Gasteiger partial charge in [-0.15, -0.1) is 11.3 Å². The van der Waals surface area contributed by atoms with Gasteiger partial charge >= 0.3 is 0 Å². The maximum atomic E-state index is 14.4. The zero-order valence-electron chi connectivity index (χ0n) is 27.2. The third kappa shape index (κ3) is 6.73. The highest BCUT2D eigenvalue weighted by atomic mass is 32.1. The second-order valence-electron chi connectivity index (χ2n) is 13.5. The fraction of sp³-hybridized carbons (Fsp3) is 0.472. The summed E-state index contributed by atoms with van der Waals surface area (Å²) in [4.78, 5) is 54.3. The molecule has 0 aliphatic carbocycles. The molecule has 2 amide bonds. The van der Waals surface area contributed by atoms with E-state index in [-0.39, 0.29) is 36.2 Å². The highest BCUT2D eigenvalue weighted by molar-refractivity contribution is 7.13. The van der Waals surface area contributed by atoms with Gasteiger partial charge in [-0.25, -0.2) is 9.83 Å². The van der Waals surface area contributed by atoms with E-state index in [9.17, 15) is 14.4 Å². The Hall–Kier alpha value is -3.87. The standard InChI is InChI=1S/C36H42N4O4S/c1-21(2)32(40-18-26-10-9-11-28(37-8)31(26)34(40)42)35(43)39-19-27(44-36(5,6)7)17-29(39)30(41)15-14-24-12-13-25(16-22(24)3)33-23(4)38-20-45-33/h9-13,16,20-21,27,29,32H,14-15,17-19H2,1-7H3/t27-,29+,32+/m1/s1. The van der Waals surface area contributed by atoms with Gasteiger partial charge in [0.05, 0.1) is 46.0 Å². The zero-order chi connectivity index (χ0) is 32.6. The van der Waals surface area contributed by atoms with Crippen LogP contribution in [0.3, 0.4) is 0 Å². The first-order chi connectivity index (χ1) is 21.3. The van der Waals surface area contributed by atoms with E-state index in [1.54, 1.807) is 33.3 Å². The molecule has 45 heavy (non-hydrogen) atoms. The molecule has 5 rings (SSSR count). The van der Waals surface area contributed by atoms with Crippen LogP contribution in [0, 0.1) is 26.3 Å². The van der Waals surface area contributed by atoms with Crippen LogP contribution in [0.15, 0.2) is 41.9 Å². The summed E-state index contributed by atoms with van der Waals surface area (Å²) in [5, 5.41) is 0. The molecule has 0 N–H and O–H groups in total. The predicted molar refractivity (Wildman–Crippen MR) is 176 cm³/mol. The Balaban J connectivity index is 1.36. The minimum Gasteiger partial charge on any atom is -0.371 e. The lowest BCUT2D eigenvalue weighted by Gasteiger charge is -2.35. The van der Waals surface area contributed by atoms with Crippen molar-refractivity contribution >= 4 is 34.6 Å². The maximum Gasteiger partial charge on any atom is 0.246 e. The van der Waals surface area contributed by atoms with E-state index in [1.807, 2.05) is 53.1 Å². The van der Waals surface area contributed by atoms with Crippen molar-refractivity contribution in [3.8, 4) is 10.4 Å². The zero-order valence-corrected chi connectivity index (χ0v) is 28.0. The Morgan fingerprint density at radius 3 is 2.56 bits per heavy atom. The number of benzene rings is 2. The van der Waals surface area contributed by atoms with E-state index in [1.165, 1.54) is 0 Å². The van der Waals surface area contributed by atoms with Crippen LogP contribution in [0.2, 0.25) is 0 Å². The number of thiazole rings is 1. The van der Waals surface area contributed by atoms with E-state index in [0.29, 0.717) is 37.1 Å². The van der Waals surface area contributed by atoms with Gasteiger partial charge in [-0.05, 0) is 69.2 Å². The van der Waals surface area contributed by atoms with E-state index in [2.05, 4.69) is 35.0 Å². The summed E-state index contributed by atoms with van der Waals surface area (Å²) in [6.07, 6.45) is 0.999. The van der Waals surface area contributed by atoms with Crippen molar-refractivity contribution in [2.45, 2.75) is 98.1 Å². The Labute approximate surface area is 270 Å². The number of amides is 2. The average Bonchev–Trinajstić information content (AvgIpc) is 3.68. The van der Waals surface area contributed by atoms with Crippen molar-refractivity contribution in [3.63, 3.8) is 0 Å². The van der Waals surface area contributed by atoms with Crippen molar-refractivity contribution in [1.82, 2.24) is 14.8 Å². The van der Waals surface area contributed by atoms with E-state index in [4.69, 9.17) is 11.3 Å². The van der Waals surface area contributed by atoms with Crippen LogP contribution in [-0.4, -0.2) is 62.7 Å². The summed E-state index contributed by atoms with van der Waals surface area (Å²) in [6.45, 7) is 21.9. The van der Waals surface area contributed by atoms with Crippen molar-refractivity contribution < 1.29 is 19.1 Å². The SMILES string of the molecule is [C-]#[N+]c1cccc2c1C(=O)N([C@H](C(=O)N1C[C@H](OC(C)(C)C)C[C@H]1C(=O)CCc1ccc(-c3scnc3C)cc1C)C(C)C)C2. The van der Waals surface area contributed by atoms with Crippen LogP contribution in [0.5, 0.6) is 0 Å². The van der Waals surface area contributed by atoms with Gasteiger partial charge in [0.1, 0.15) is 6.04 Å². The van der Waals surface area contributed by atoms with Gasteiger partial charge in [0, 0.05) is 25.9 Å². The van der Waals surface area contributed by atoms with Gasteiger partial charge in [0.15, 0.2) is 11.5 Å². The van der Waals surface area contributed by atoms with Gasteiger partial charge in [-0.1, -0.05) is 50.2 Å². The summed E-state index contributed by atoms with van der Waals surface area (Å²) < 4.78 is 6.30. The lowest BCUT2D eigenvalue weighted by molar-refractivity contribution is -0.143. The van der Waals surface area contributed by atoms with Gasteiger partial charge in [0.2, 0.25) is 11.8 Å². The van der Waals surface area contributed by atoms with Crippen LogP contribution in [0.25, 0.3) is 15.3 Å². The van der Waals surface area contributed by atoms with Crippen molar-refractivity contribution in [3.05, 3.63) is 81.3 Å². The molecule has 1 aromatic heterocycles. The monoisotopic (exact) mass is 626 g/mol. The average molecular weight is 627 g/mol. The number of hydrogen-bond acceptors (Lipinski definition) is 6. The van der Waals surface area contributed by atoms with Crippen LogP contribution < -0.4 is 0 Å². The quantitative estimate of drug-likeness (QED) is 0.240. The summed E-state index contributed by atoms with van der Waals surface area (Å²) in [5.74, 6) is -0.747. The number of rotatable bonds is 9. The number of ether oxygens (including phenoxy) is 1. The molecule has 3 aromatic rings. The number of hydrogen-bond donors (Lipinski definition) is 0. The second-order valence-corrected chi connectivity index (χ2v) is 14.4. The van der Waals surface area contributed by atoms with Crippen molar-refractivity contribution in [2.75, 3.05) is 6.54 Å². The van der Waals surface area contributed by atoms with Crippen LogP contribution in [0.4, 0.5) is 5.69 Å². The number of aryl methyl sites for hydroxylation is 3. The molecule has 2 aliphatic rings. The molecule has 3 atom stereocenters. The lowest BCUT2D eigenvalue weighted by Crippen LogP contribution is -2.54. The van der Waals surface area contributed by atoms with Gasteiger partial charge in [-0.3, -0.25) is 14.4 Å². The first kappa shape index (κ1) is 32.5. The molecule has 0 unspecified atom stereocenters. The Morgan fingerprint density at radius 2 is 1.93 bits per heavy atom. The Bertz CT molecular complexity index is 1660. The topological polar surface area (TPSA) is 84.2 Å². The number of carbonyl (C=O) groups is 3. The number of aromatic nitrogens is 1. The fourth-order valence-corrected chi connectivity index (χ4v) is 7.49. The van der Waals surface area contributed by atoms with Gasteiger partial charge in [0.25, 0.3) is 0 Å². The lowest BCUT2D eigenvalue weighted by atomic mass is 9.96. The number of ketones is 1. The van der Waals surface area contributed by atoms with Crippen molar-refractivity contribution in [1.29, 1.82) is 0 Å². The molecule has 2 aromatic carbocycles. The third-order valence-electron chi connectivity index (χ3n) is 8.71. The number of nitrogens with zero attached hydrogens (tertiary/aromatic N) is 4. The molecule has 2 aliphatic heterocycles. The van der Waals surface area contributed by atoms with E-state index < -0.39 is 17.7 Å². The first-order valence-corrected chi connectivity index (χ1v) is 16.5. The molecular weight excluding hydrogens is 584 g/mol. The minimum atomic E-state index is -0.767. The number of fused-ring (bicyclic) bond motifs is 1. The molecule has 3 heterocycles. The molecule has 1 saturated heterocycles. The predicted octanol–water partition coefficient (Wildman–Crippen LogP) is 6.94. The van der Waals surface area contributed by atoms with E-state index >= 15 is 0 Å². The normalized spacial score (nSPS) is 18.8. The molecule has 0 spiro atoms. The van der Waals surface area contributed by atoms with Crippen LogP contribution in [-0.2, 0) is 27.3 Å². The summed E-state index contributed by atoms with van der Waals surface area (Å²) >= 11 is 1.62. The highest BCUT2D eigenvalue weighted by Gasteiger charge is 2.47. The molecule has 236 valence electrons. The van der Waals surface area contributed by atoms with Crippen LogP contribution >= 0.6 is 11.3 Å². The largest absolute Gasteiger partial charge is 0.371 e. The number of likely N-dealkylation sites (tertiary alicyclic amines) is 1. The molecular formula is C36H42N4O4S. The molecule has 8 nitrogen and oxygen atoms in total. The second kappa shape index (κ2) is 12.9. The fourth-order valence-electron chi connectivity index (χ4n) is 6.68. The summed E-state index contributed by atoms with van der Waals surface area (Å²) in [5.41, 5.74) is 7.19. The molecule has 9 heteroatoms. The van der Waals surface area contributed by atoms with Gasteiger partial charge in [-0.2, -0.15) is 0 Å². The highest BCUT2D eigenvalue weighted by Crippen LogP contribution is 2.36. The molecule has 0 bridgehead atoms. The first-order valence-electron chi connectivity index (χ1n) is 15.6. The minimum absolute atomic E-state index is 0.000954. The smallest absolute Gasteiger partial charge is 0.246 e.